The molecule has 2 aromatic carbocycles. The zero-order valence-electron chi connectivity index (χ0n) is 18.8. The molecule has 6 heteroatoms. The van der Waals surface area contributed by atoms with Gasteiger partial charge in [0.05, 0.1) is 24.0 Å². The van der Waals surface area contributed by atoms with E-state index in [0.29, 0.717) is 6.42 Å². The third kappa shape index (κ3) is 4.31. The van der Waals surface area contributed by atoms with Crippen molar-refractivity contribution in [2.45, 2.75) is 32.7 Å². The SMILES string of the molecule is CC1(C)CC(=O)C2=C(C1)Nc1ccccc1N(CC(=O)Nc1ccccc1)[C@@H]2c1cccs1. The maximum absolute atomic E-state index is 13.6. The highest BCUT2D eigenvalue weighted by Gasteiger charge is 2.42. The summed E-state index contributed by atoms with van der Waals surface area (Å²) in [6.07, 6.45) is 1.28. The van der Waals surface area contributed by atoms with Gasteiger partial charge in [-0.2, -0.15) is 0 Å². The van der Waals surface area contributed by atoms with Crippen LogP contribution in [0.15, 0.2) is 83.4 Å². The number of carbonyl (C=O) groups is 2. The first-order valence-electron chi connectivity index (χ1n) is 11.2. The fourth-order valence-electron chi connectivity index (χ4n) is 4.85. The van der Waals surface area contributed by atoms with E-state index in [1.807, 2.05) is 66.0 Å². The lowest BCUT2D eigenvalue weighted by Gasteiger charge is -2.37. The summed E-state index contributed by atoms with van der Waals surface area (Å²) < 4.78 is 0. The van der Waals surface area contributed by atoms with E-state index in [2.05, 4.69) is 35.4 Å². The van der Waals surface area contributed by atoms with Crippen molar-refractivity contribution < 1.29 is 9.59 Å². The summed E-state index contributed by atoms with van der Waals surface area (Å²) in [5, 5.41) is 8.61. The number of para-hydroxylation sites is 3. The largest absolute Gasteiger partial charge is 0.357 e. The summed E-state index contributed by atoms with van der Waals surface area (Å²) in [6, 6.07) is 21.2. The molecule has 1 atom stereocenters. The Kier molecular flexibility index (Phi) is 5.54. The number of anilines is 3. The maximum atomic E-state index is 13.6. The maximum Gasteiger partial charge on any atom is 0.243 e. The number of rotatable bonds is 4. The molecule has 33 heavy (non-hydrogen) atoms. The molecule has 0 fully saturated rings. The van der Waals surface area contributed by atoms with Crippen molar-refractivity contribution in [3.63, 3.8) is 0 Å². The van der Waals surface area contributed by atoms with Crippen molar-refractivity contribution in [3.05, 3.63) is 88.3 Å². The number of hydrogen-bond donors (Lipinski definition) is 2. The van der Waals surface area contributed by atoms with Gasteiger partial charge < -0.3 is 15.5 Å². The number of hydrogen-bond acceptors (Lipinski definition) is 5. The number of thiophene rings is 1. The van der Waals surface area contributed by atoms with Crippen LogP contribution in [0.2, 0.25) is 0 Å². The van der Waals surface area contributed by atoms with E-state index in [1.165, 1.54) is 0 Å². The highest BCUT2D eigenvalue weighted by molar-refractivity contribution is 7.10. The third-order valence-electron chi connectivity index (χ3n) is 6.19. The molecule has 3 aromatic rings. The molecule has 168 valence electrons. The number of allylic oxidation sites excluding steroid dienone is 1. The molecular weight excluding hydrogens is 430 g/mol. The van der Waals surface area contributed by atoms with Crippen molar-refractivity contribution >= 4 is 40.1 Å². The predicted molar refractivity (Wildman–Crippen MR) is 135 cm³/mol. The van der Waals surface area contributed by atoms with Gasteiger partial charge in [-0.1, -0.05) is 50.2 Å². The molecule has 5 rings (SSSR count). The molecule has 1 aromatic heterocycles. The Morgan fingerprint density at radius 3 is 2.58 bits per heavy atom. The average Bonchev–Trinajstić information content (AvgIpc) is 3.26. The van der Waals surface area contributed by atoms with Crippen molar-refractivity contribution in [2.75, 3.05) is 22.1 Å². The van der Waals surface area contributed by atoms with Gasteiger partial charge in [0, 0.05) is 28.3 Å². The van der Waals surface area contributed by atoms with Crippen LogP contribution in [-0.4, -0.2) is 18.2 Å². The van der Waals surface area contributed by atoms with Crippen LogP contribution in [0.25, 0.3) is 0 Å². The number of ketones is 1. The van der Waals surface area contributed by atoms with Crippen LogP contribution in [0.1, 0.15) is 37.6 Å². The van der Waals surface area contributed by atoms with Gasteiger partial charge in [0.2, 0.25) is 5.91 Å². The van der Waals surface area contributed by atoms with Gasteiger partial charge in [0.1, 0.15) is 0 Å². The van der Waals surface area contributed by atoms with Crippen molar-refractivity contribution in [1.29, 1.82) is 0 Å². The first-order chi connectivity index (χ1) is 15.9. The van der Waals surface area contributed by atoms with E-state index in [0.717, 1.165) is 39.6 Å². The quantitative estimate of drug-likeness (QED) is 0.504. The first kappa shape index (κ1) is 21.5. The highest BCUT2D eigenvalue weighted by Crippen LogP contribution is 2.48. The minimum atomic E-state index is -0.318. The highest BCUT2D eigenvalue weighted by atomic mass is 32.1. The number of Topliss-reactive ketones (excluding diaryl/α,β-unsaturated/α-hetero) is 1. The third-order valence-corrected chi connectivity index (χ3v) is 7.11. The summed E-state index contributed by atoms with van der Waals surface area (Å²) in [5.41, 5.74) is 4.22. The second-order valence-corrected chi connectivity index (χ2v) is 10.4. The second kappa shape index (κ2) is 8.52. The molecule has 1 amide bonds. The summed E-state index contributed by atoms with van der Waals surface area (Å²) in [5.74, 6) is 0.0265. The number of benzene rings is 2. The second-order valence-electron chi connectivity index (χ2n) is 9.44. The Hall–Kier alpha value is -3.38. The standard InChI is InChI=1S/C27H27N3O2S/c1-27(2)15-20-25(22(31)16-27)26(23-13-8-14-33-23)30(21-12-7-6-11-19(21)29-20)17-24(32)28-18-9-4-3-5-10-18/h3-14,26,29H,15-17H2,1-2H3,(H,28,32)/t26-/m1/s1. The van der Waals surface area contributed by atoms with E-state index in [-0.39, 0.29) is 29.7 Å². The van der Waals surface area contributed by atoms with Crippen LogP contribution in [-0.2, 0) is 9.59 Å². The molecule has 0 bridgehead atoms. The Morgan fingerprint density at radius 2 is 1.82 bits per heavy atom. The molecule has 2 N–H and O–H groups in total. The monoisotopic (exact) mass is 457 g/mol. The summed E-state index contributed by atoms with van der Waals surface area (Å²) in [4.78, 5) is 29.9. The summed E-state index contributed by atoms with van der Waals surface area (Å²) >= 11 is 1.62. The molecule has 0 spiro atoms. The molecule has 0 radical (unpaired) electrons. The topological polar surface area (TPSA) is 61.4 Å². The van der Waals surface area contributed by atoms with E-state index >= 15 is 0 Å². The molecule has 0 saturated heterocycles. The van der Waals surface area contributed by atoms with E-state index < -0.39 is 0 Å². The van der Waals surface area contributed by atoms with Gasteiger partial charge in [-0.05, 0) is 47.5 Å². The van der Waals surface area contributed by atoms with Crippen LogP contribution in [0.4, 0.5) is 17.1 Å². The number of amides is 1. The minimum Gasteiger partial charge on any atom is -0.357 e. The Morgan fingerprint density at radius 1 is 1.06 bits per heavy atom. The Balaban J connectivity index is 1.61. The van der Waals surface area contributed by atoms with Gasteiger partial charge in [0.15, 0.2) is 5.78 Å². The number of fused-ring (bicyclic) bond motifs is 1. The normalized spacial score (nSPS) is 19.3. The van der Waals surface area contributed by atoms with Crippen LogP contribution in [0, 0.1) is 5.41 Å². The van der Waals surface area contributed by atoms with Crippen LogP contribution in [0.5, 0.6) is 0 Å². The Bertz CT molecular complexity index is 1220. The zero-order valence-corrected chi connectivity index (χ0v) is 19.6. The van der Waals surface area contributed by atoms with Crippen molar-refractivity contribution in [2.24, 2.45) is 5.41 Å². The van der Waals surface area contributed by atoms with E-state index in [1.54, 1.807) is 11.3 Å². The lowest BCUT2D eigenvalue weighted by atomic mass is 9.74. The first-order valence-corrected chi connectivity index (χ1v) is 12.1. The van der Waals surface area contributed by atoms with E-state index in [9.17, 15) is 9.59 Å². The minimum absolute atomic E-state index is 0.113. The summed E-state index contributed by atoms with van der Waals surface area (Å²) in [6.45, 7) is 4.40. The molecule has 5 nitrogen and oxygen atoms in total. The molecular formula is C27H27N3O2S. The lowest BCUT2D eigenvalue weighted by Crippen LogP contribution is -2.39. The predicted octanol–water partition coefficient (Wildman–Crippen LogP) is 6.00. The molecule has 0 saturated carbocycles. The van der Waals surface area contributed by atoms with Crippen LogP contribution < -0.4 is 15.5 Å². The molecule has 2 heterocycles. The number of nitrogens with zero attached hydrogens (tertiary/aromatic N) is 1. The van der Waals surface area contributed by atoms with Gasteiger partial charge in [-0.15, -0.1) is 11.3 Å². The molecule has 2 aliphatic rings. The van der Waals surface area contributed by atoms with Crippen molar-refractivity contribution in [3.8, 4) is 0 Å². The Labute approximate surface area is 198 Å². The summed E-state index contributed by atoms with van der Waals surface area (Å²) in [7, 11) is 0. The fraction of sp³-hybridized carbons (Fsp3) is 0.259. The van der Waals surface area contributed by atoms with Gasteiger partial charge in [-0.3, -0.25) is 9.59 Å². The molecule has 1 aliphatic heterocycles. The lowest BCUT2D eigenvalue weighted by molar-refractivity contribution is -0.119. The zero-order chi connectivity index (χ0) is 23.0. The van der Waals surface area contributed by atoms with Crippen molar-refractivity contribution in [1.82, 2.24) is 0 Å². The number of nitrogens with one attached hydrogen (secondary N) is 2. The fourth-order valence-corrected chi connectivity index (χ4v) is 5.69. The van der Waals surface area contributed by atoms with Crippen LogP contribution >= 0.6 is 11.3 Å². The van der Waals surface area contributed by atoms with E-state index in [4.69, 9.17) is 0 Å². The van der Waals surface area contributed by atoms with Gasteiger partial charge in [0.25, 0.3) is 0 Å². The van der Waals surface area contributed by atoms with Gasteiger partial charge in [-0.25, -0.2) is 0 Å². The number of carbonyl (C=O) groups excluding carboxylic acids is 2. The smallest absolute Gasteiger partial charge is 0.243 e. The molecule has 0 unspecified atom stereocenters. The van der Waals surface area contributed by atoms with Crippen LogP contribution in [0.3, 0.4) is 0 Å². The molecule has 1 aliphatic carbocycles. The average molecular weight is 458 g/mol. The van der Waals surface area contributed by atoms with Gasteiger partial charge >= 0.3 is 0 Å².